The van der Waals surface area contributed by atoms with Gasteiger partial charge >= 0.3 is 0 Å². The summed E-state index contributed by atoms with van der Waals surface area (Å²) in [6.07, 6.45) is 0.0125. The van der Waals surface area contributed by atoms with Gasteiger partial charge in [0.2, 0.25) is 5.91 Å². The molecule has 0 radical (unpaired) electrons. The molecule has 0 aliphatic heterocycles. The van der Waals surface area contributed by atoms with Gasteiger partial charge in [0, 0.05) is 15.0 Å². The number of hydrogen-bond acceptors (Lipinski definition) is 3. The number of H-pyrrole nitrogens is 1. The fourth-order valence-corrected chi connectivity index (χ4v) is 3.29. The Morgan fingerprint density at radius 2 is 2.05 bits per heavy atom. The molecule has 0 aliphatic rings. The molecule has 0 fully saturated rings. The van der Waals surface area contributed by atoms with Gasteiger partial charge in [0.25, 0.3) is 0 Å². The first-order valence-electron chi connectivity index (χ1n) is 5.50. The maximum atomic E-state index is 13.6. The van der Waals surface area contributed by atoms with Gasteiger partial charge in [-0.3, -0.25) is 4.79 Å². The Morgan fingerprint density at radius 1 is 1.45 bits per heavy atom. The van der Waals surface area contributed by atoms with Crippen LogP contribution in [0.4, 0.5) is 14.5 Å². The topological polar surface area (TPSA) is 44.9 Å². The Hall–Kier alpha value is -1.12. The lowest BCUT2D eigenvalue weighted by molar-refractivity contribution is -0.115. The summed E-state index contributed by atoms with van der Waals surface area (Å²) in [6.45, 7) is 1.79. The Labute approximate surface area is 131 Å². The van der Waals surface area contributed by atoms with Gasteiger partial charge in [-0.05, 0) is 31.3 Å². The van der Waals surface area contributed by atoms with Crippen molar-refractivity contribution in [2.24, 2.45) is 0 Å². The largest absolute Gasteiger partial charge is 0.341 e. The van der Waals surface area contributed by atoms with Crippen molar-refractivity contribution in [3.05, 3.63) is 42.8 Å². The van der Waals surface area contributed by atoms with Crippen LogP contribution in [0.2, 0.25) is 0 Å². The molecular formula is C12H9BrF2N2OS2. The van der Waals surface area contributed by atoms with E-state index in [2.05, 4.69) is 26.2 Å². The molecule has 0 unspecified atom stereocenters. The van der Waals surface area contributed by atoms with Crippen LogP contribution in [0.5, 0.6) is 0 Å². The summed E-state index contributed by atoms with van der Waals surface area (Å²) in [6, 6.07) is 2.18. The van der Waals surface area contributed by atoms with Gasteiger partial charge in [-0.2, -0.15) is 0 Å². The van der Waals surface area contributed by atoms with E-state index in [1.807, 2.05) is 0 Å². The van der Waals surface area contributed by atoms with Gasteiger partial charge in [-0.15, -0.1) is 11.3 Å². The van der Waals surface area contributed by atoms with E-state index in [-0.39, 0.29) is 10.9 Å². The van der Waals surface area contributed by atoms with Crippen LogP contribution in [0.3, 0.4) is 0 Å². The molecule has 0 bridgehead atoms. The minimum Gasteiger partial charge on any atom is -0.341 e. The average Bonchev–Trinajstić information content (AvgIpc) is 2.62. The van der Waals surface area contributed by atoms with E-state index in [0.717, 1.165) is 22.7 Å². The highest BCUT2D eigenvalue weighted by Crippen LogP contribution is 2.24. The monoisotopic (exact) mass is 378 g/mol. The third-order valence-electron chi connectivity index (χ3n) is 2.52. The van der Waals surface area contributed by atoms with E-state index in [9.17, 15) is 13.6 Å². The van der Waals surface area contributed by atoms with Crippen LogP contribution in [-0.2, 0) is 11.2 Å². The van der Waals surface area contributed by atoms with Gasteiger partial charge in [0.15, 0.2) is 15.6 Å². The van der Waals surface area contributed by atoms with Crippen LogP contribution < -0.4 is 5.32 Å². The van der Waals surface area contributed by atoms with Crippen molar-refractivity contribution in [1.82, 2.24) is 4.98 Å². The first kappa shape index (κ1) is 15.3. The predicted molar refractivity (Wildman–Crippen MR) is 80.6 cm³/mol. The van der Waals surface area contributed by atoms with Crippen LogP contribution in [-0.4, -0.2) is 10.9 Å². The highest BCUT2D eigenvalue weighted by atomic mass is 79.9. The molecule has 0 saturated heterocycles. The van der Waals surface area contributed by atoms with Crippen molar-refractivity contribution in [2.45, 2.75) is 13.3 Å². The van der Waals surface area contributed by atoms with Crippen molar-refractivity contribution in [1.29, 1.82) is 0 Å². The number of carbonyl (C=O) groups is 1. The summed E-state index contributed by atoms with van der Waals surface area (Å²) >= 11 is 9.21. The number of benzene rings is 1. The standard InChI is InChI=1S/C12H9BrF2N2OS2/c1-5-9(20-12(19)16-5)4-10(18)17-11-7(14)2-6(13)3-8(11)15/h2-3H,4H2,1H3,(H,16,19)(H,17,18). The Bertz CT molecular complexity index is 703. The van der Waals surface area contributed by atoms with Crippen LogP contribution in [0.1, 0.15) is 10.6 Å². The maximum absolute atomic E-state index is 13.6. The SMILES string of the molecule is Cc1[nH]c(=S)sc1CC(=O)Nc1c(F)cc(Br)cc1F. The lowest BCUT2D eigenvalue weighted by Gasteiger charge is -2.07. The zero-order valence-corrected chi connectivity index (χ0v) is 13.4. The Balaban J connectivity index is 2.17. The van der Waals surface area contributed by atoms with Crippen molar-refractivity contribution >= 4 is 51.1 Å². The number of hydrogen-bond donors (Lipinski definition) is 2. The molecule has 8 heteroatoms. The van der Waals surface area contributed by atoms with E-state index < -0.39 is 23.2 Å². The summed E-state index contributed by atoms with van der Waals surface area (Å²) < 4.78 is 28.0. The number of anilines is 1. The minimum absolute atomic E-state index is 0.0125. The second kappa shape index (κ2) is 6.11. The summed E-state index contributed by atoms with van der Waals surface area (Å²) in [5.41, 5.74) is 0.335. The number of aryl methyl sites for hydroxylation is 1. The van der Waals surface area contributed by atoms with Gasteiger partial charge < -0.3 is 10.3 Å². The molecular weight excluding hydrogens is 370 g/mol. The molecule has 20 heavy (non-hydrogen) atoms. The average molecular weight is 379 g/mol. The fourth-order valence-electron chi connectivity index (χ4n) is 1.60. The molecule has 1 aromatic heterocycles. The lowest BCUT2D eigenvalue weighted by atomic mass is 10.2. The van der Waals surface area contributed by atoms with Crippen molar-refractivity contribution in [3.8, 4) is 0 Å². The van der Waals surface area contributed by atoms with E-state index in [0.29, 0.717) is 3.95 Å². The third-order valence-corrected chi connectivity index (χ3v) is 4.31. The number of aromatic nitrogens is 1. The molecule has 1 amide bonds. The molecule has 2 aromatic rings. The van der Waals surface area contributed by atoms with E-state index >= 15 is 0 Å². The molecule has 106 valence electrons. The van der Waals surface area contributed by atoms with Crippen molar-refractivity contribution in [2.75, 3.05) is 5.32 Å². The van der Waals surface area contributed by atoms with Gasteiger partial charge in [0.1, 0.15) is 5.69 Å². The Morgan fingerprint density at radius 3 is 2.55 bits per heavy atom. The zero-order valence-electron chi connectivity index (χ0n) is 10.2. The molecule has 2 N–H and O–H groups in total. The number of amides is 1. The summed E-state index contributed by atoms with van der Waals surface area (Å²) in [5, 5.41) is 2.24. The zero-order chi connectivity index (χ0) is 14.9. The quantitative estimate of drug-likeness (QED) is 0.780. The summed E-state index contributed by atoms with van der Waals surface area (Å²) in [5.74, 6) is -2.16. The molecule has 0 atom stereocenters. The second-order valence-electron chi connectivity index (χ2n) is 4.03. The van der Waals surface area contributed by atoms with Crippen LogP contribution >= 0.6 is 39.5 Å². The fraction of sp³-hybridized carbons (Fsp3) is 0.167. The molecule has 1 aromatic carbocycles. The predicted octanol–water partition coefficient (Wildman–Crippen LogP) is 4.34. The van der Waals surface area contributed by atoms with E-state index in [4.69, 9.17) is 12.2 Å². The molecule has 1 heterocycles. The lowest BCUT2D eigenvalue weighted by Crippen LogP contribution is -2.16. The van der Waals surface area contributed by atoms with Gasteiger partial charge in [0.05, 0.1) is 6.42 Å². The van der Waals surface area contributed by atoms with Crippen LogP contribution in [0, 0.1) is 22.5 Å². The summed E-state index contributed by atoms with van der Waals surface area (Å²) in [7, 11) is 0. The normalized spacial score (nSPS) is 10.6. The maximum Gasteiger partial charge on any atom is 0.229 e. The van der Waals surface area contributed by atoms with E-state index in [1.54, 1.807) is 6.92 Å². The number of aromatic amines is 1. The number of rotatable bonds is 3. The molecule has 3 nitrogen and oxygen atoms in total. The number of thiazole rings is 1. The number of carbonyl (C=O) groups excluding carboxylic acids is 1. The first-order chi connectivity index (χ1) is 9.36. The third kappa shape index (κ3) is 3.50. The smallest absolute Gasteiger partial charge is 0.229 e. The van der Waals surface area contributed by atoms with Gasteiger partial charge in [-0.1, -0.05) is 15.9 Å². The number of halogens is 3. The highest BCUT2D eigenvalue weighted by molar-refractivity contribution is 9.10. The van der Waals surface area contributed by atoms with Crippen molar-refractivity contribution < 1.29 is 13.6 Å². The number of nitrogens with one attached hydrogen (secondary N) is 2. The van der Waals surface area contributed by atoms with Crippen LogP contribution in [0.25, 0.3) is 0 Å². The minimum atomic E-state index is -0.830. The molecule has 0 aliphatic carbocycles. The van der Waals surface area contributed by atoms with Crippen molar-refractivity contribution in [3.63, 3.8) is 0 Å². The highest BCUT2D eigenvalue weighted by Gasteiger charge is 2.15. The second-order valence-corrected chi connectivity index (χ2v) is 6.72. The molecule has 2 rings (SSSR count). The summed E-state index contributed by atoms with van der Waals surface area (Å²) in [4.78, 5) is 15.5. The Kier molecular flexibility index (Phi) is 4.66. The molecule has 0 spiro atoms. The molecule has 0 saturated carbocycles. The van der Waals surface area contributed by atoms with E-state index in [1.165, 1.54) is 11.3 Å². The first-order valence-corrected chi connectivity index (χ1v) is 7.51. The van der Waals surface area contributed by atoms with Crippen LogP contribution in [0.15, 0.2) is 16.6 Å². The van der Waals surface area contributed by atoms with Gasteiger partial charge in [-0.25, -0.2) is 8.78 Å².